The van der Waals surface area contributed by atoms with Crippen molar-refractivity contribution >= 4 is 5.91 Å². The van der Waals surface area contributed by atoms with Gasteiger partial charge in [0.25, 0.3) is 0 Å². The summed E-state index contributed by atoms with van der Waals surface area (Å²) in [7, 11) is 0. The van der Waals surface area contributed by atoms with Gasteiger partial charge in [0.15, 0.2) is 0 Å². The van der Waals surface area contributed by atoms with E-state index in [1.807, 2.05) is 18.2 Å². The summed E-state index contributed by atoms with van der Waals surface area (Å²) in [4.78, 5) is 24.4. The highest BCUT2D eigenvalue weighted by Gasteiger charge is 2.22. The summed E-state index contributed by atoms with van der Waals surface area (Å²) < 4.78 is 19.0. The largest absolute Gasteiger partial charge is 0.378 e. The molecular formula is C20H20FN5O2. The minimum atomic E-state index is -0.373. The van der Waals surface area contributed by atoms with Crippen LogP contribution in [0.1, 0.15) is 5.82 Å². The predicted octanol–water partition coefficient (Wildman–Crippen LogP) is 1.88. The normalized spacial score (nSPS) is 16.7. The number of benzene rings is 1. The number of ether oxygens (including phenoxy) is 1. The van der Waals surface area contributed by atoms with Gasteiger partial charge >= 0.3 is 0 Å². The van der Waals surface area contributed by atoms with Crippen molar-refractivity contribution < 1.29 is 13.9 Å². The molecule has 1 amide bonds. The number of nitrogens with one attached hydrogen (secondary N) is 3. The molecule has 3 heterocycles. The predicted molar refractivity (Wildman–Crippen MR) is 102 cm³/mol. The van der Waals surface area contributed by atoms with Crippen LogP contribution in [0.2, 0.25) is 0 Å². The van der Waals surface area contributed by atoms with Crippen LogP contribution in [-0.4, -0.2) is 46.7 Å². The molecular weight excluding hydrogens is 361 g/mol. The van der Waals surface area contributed by atoms with E-state index < -0.39 is 0 Å². The van der Waals surface area contributed by atoms with Crippen molar-refractivity contribution in [2.45, 2.75) is 12.6 Å². The lowest BCUT2D eigenvalue weighted by Gasteiger charge is -2.22. The third kappa shape index (κ3) is 4.08. The van der Waals surface area contributed by atoms with Gasteiger partial charge in [0, 0.05) is 18.3 Å². The molecule has 1 aromatic carbocycles. The highest BCUT2D eigenvalue weighted by atomic mass is 19.1. The van der Waals surface area contributed by atoms with E-state index in [-0.39, 0.29) is 24.3 Å². The number of hydrogen-bond donors (Lipinski definition) is 3. The summed E-state index contributed by atoms with van der Waals surface area (Å²) in [6.07, 6.45) is 1.68. The van der Waals surface area contributed by atoms with Gasteiger partial charge in [0.1, 0.15) is 17.7 Å². The van der Waals surface area contributed by atoms with Crippen LogP contribution in [0.5, 0.6) is 0 Å². The van der Waals surface area contributed by atoms with Crippen LogP contribution in [0.25, 0.3) is 22.6 Å². The fraction of sp³-hybridized carbons (Fsp3) is 0.250. The molecule has 1 aliphatic rings. The quantitative estimate of drug-likeness (QED) is 0.628. The second-order valence-electron chi connectivity index (χ2n) is 6.43. The molecule has 0 aliphatic carbocycles. The van der Waals surface area contributed by atoms with E-state index in [2.05, 4.69) is 25.6 Å². The molecule has 144 valence electrons. The van der Waals surface area contributed by atoms with E-state index in [1.54, 1.807) is 18.3 Å². The molecule has 28 heavy (non-hydrogen) atoms. The van der Waals surface area contributed by atoms with Gasteiger partial charge in [-0.1, -0.05) is 18.2 Å². The van der Waals surface area contributed by atoms with Crippen LogP contribution < -0.4 is 10.6 Å². The van der Waals surface area contributed by atoms with E-state index in [9.17, 15) is 9.18 Å². The molecule has 3 aromatic rings. The van der Waals surface area contributed by atoms with Crippen molar-refractivity contribution in [1.82, 2.24) is 25.6 Å². The Bertz CT molecular complexity index is 954. The van der Waals surface area contributed by atoms with Crippen molar-refractivity contribution in [3.63, 3.8) is 0 Å². The Morgan fingerprint density at radius 3 is 2.96 bits per heavy atom. The third-order valence-electron chi connectivity index (χ3n) is 4.44. The fourth-order valence-electron chi connectivity index (χ4n) is 3.07. The Hall–Kier alpha value is -3.10. The van der Waals surface area contributed by atoms with Crippen molar-refractivity contribution in [3.05, 3.63) is 60.3 Å². The van der Waals surface area contributed by atoms with Crippen LogP contribution in [0.15, 0.2) is 48.7 Å². The van der Waals surface area contributed by atoms with Crippen LogP contribution in [0.4, 0.5) is 4.39 Å². The molecule has 7 nitrogen and oxygen atoms in total. The second kappa shape index (κ2) is 8.28. The first kappa shape index (κ1) is 18.3. The number of hydrogen-bond acceptors (Lipinski definition) is 5. The number of nitrogens with zero attached hydrogens (tertiary/aromatic N) is 2. The number of aromatic nitrogens is 3. The number of pyridine rings is 1. The van der Waals surface area contributed by atoms with Crippen molar-refractivity contribution in [3.8, 4) is 22.6 Å². The molecule has 1 aliphatic heterocycles. The molecule has 0 spiro atoms. The van der Waals surface area contributed by atoms with Gasteiger partial charge in [-0.25, -0.2) is 9.37 Å². The van der Waals surface area contributed by atoms with E-state index in [4.69, 9.17) is 4.74 Å². The highest BCUT2D eigenvalue weighted by Crippen LogP contribution is 2.29. The Morgan fingerprint density at radius 1 is 1.29 bits per heavy atom. The first-order chi connectivity index (χ1) is 13.7. The van der Waals surface area contributed by atoms with Crippen LogP contribution in [0.3, 0.4) is 0 Å². The summed E-state index contributed by atoms with van der Waals surface area (Å²) in [5, 5.41) is 5.96. The Morgan fingerprint density at radius 2 is 2.21 bits per heavy atom. The smallest absolute Gasteiger partial charge is 0.239 e. The first-order valence-electron chi connectivity index (χ1n) is 9.06. The first-order valence-corrected chi connectivity index (χ1v) is 9.06. The molecule has 4 rings (SSSR count). The van der Waals surface area contributed by atoms with Gasteiger partial charge in [0.2, 0.25) is 5.91 Å². The summed E-state index contributed by atoms with van der Waals surface area (Å²) in [6, 6.07) is 11.4. The number of amides is 1. The zero-order valence-electron chi connectivity index (χ0n) is 15.1. The Kier molecular flexibility index (Phi) is 5.41. The fourth-order valence-corrected chi connectivity index (χ4v) is 3.07. The van der Waals surface area contributed by atoms with Gasteiger partial charge in [0.05, 0.1) is 36.8 Å². The third-order valence-corrected chi connectivity index (χ3v) is 4.44. The molecule has 3 N–H and O–H groups in total. The number of halogens is 1. The number of rotatable bonds is 5. The maximum Gasteiger partial charge on any atom is 0.239 e. The molecule has 0 saturated carbocycles. The molecule has 0 unspecified atom stereocenters. The lowest BCUT2D eigenvalue weighted by atomic mass is 10.1. The zero-order chi connectivity index (χ0) is 19.3. The molecule has 0 bridgehead atoms. The zero-order valence-corrected chi connectivity index (χ0v) is 15.1. The standard InChI is InChI=1S/C20H20FN5O2/c21-14-5-3-4-13(10-14)18-19(15-6-1-2-7-22-15)26-17(25-18)11-24-20(27)16-12-28-9-8-23-16/h1-7,10,16,23H,8-9,11-12H2,(H,24,27)(H,25,26)/t16-/m0/s1. The van der Waals surface area contributed by atoms with Gasteiger partial charge < -0.3 is 20.4 Å². The van der Waals surface area contributed by atoms with Gasteiger partial charge in [-0.3, -0.25) is 9.78 Å². The molecule has 8 heteroatoms. The summed E-state index contributed by atoms with van der Waals surface area (Å²) in [5.74, 6) is 0.0680. The lowest BCUT2D eigenvalue weighted by Crippen LogP contribution is -2.51. The number of H-pyrrole nitrogens is 1. The molecule has 1 saturated heterocycles. The second-order valence-corrected chi connectivity index (χ2v) is 6.43. The minimum absolute atomic E-state index is 0.150. The van der Waals surface area contributed by atoms with Gasteiger partial charge in [-0.15, -0.1) is 0 Å². The van der Waals surface area contributed by atoms with E-state index in [0.29, 0.717) is 48.2 Å². The number of carbonyl (C=O) groups is 1. The van der Waals surface area contributed by atoms with Gasteiger partial charge in [-0.2, -0.15) is 0 Å². The molecule has 1 atom stereocenters. The van der Waals surface area contributed by atoms with Crippen molar-refractivity contribution in [2.24, 2.45) is 0 Å². The maximum absolute atomic E-state index is 13.7. The van der Waals surface area contributed by atoms with Crippen molar-refractivity contribution in [2.75, 3.05) is 19.8 Å². The van der Waals surface area contributed by atoms with Crippen LogP contribution in [-0.2, 0) is 16.1 Å². The summed E-state index contributed by atoms with van der Waals surface area (Å²) in [5.41, 5.74) is 2.59. The Labute approximate surface area is 161 Å². The van der Waals surface area contributed by atoms with Crippen LogP contribution in [0, 0.1) is 5.82 Å². The topological polar surface area (TPSA) is 91.9 Å². The van der Waals surface area contributed by atoms with E-state index >= 15 is 0 Å². The molecule has 0 radical (unpaired) electrons. The summed E-state index contributed by atoms with van der Waals surface area (Å²) >= 11 is 0. The number of carbonyl (C=O) groups excluding carboxylic acids is 1. The average Bonchev–Trinajstić information content (AvgIpc) is 3.18. The molecule has 1 fully saturated rings. The number of aromatic amines is 1. The van der Waals surface area contributed by atoms with Crippen molar-refractivity contribution in [1.29, 1.82) is 0 Å². The monoisotopic (exact) mass is 381 g/mol. The SMILES string of the molecule is O=C(NCc1nc(-c2cccc(F)c2)c(-c2ccccn2)[nH]1)[C@@H]1COCCN1. The lowest BCUT2D eigenvalue weighted by molar-refractivity contribution is -0.126. The Balaban J connectivity index is 1.59. The average molecular weight is 381 g/mol. The number of imidazole rings is 1. The minimum Gasteiger partial charge on any atom is -0.378 e. The van der Waals surface area contributed by atoms with Gasteiger partial charge in [-0.05, 0) is 24.3 Å². The molecule has 2 aromatic heterocycles. The highest BCUT2D eigenvalue weighted by molar-refractivity contribution is 5.82. The maximum atomic E-state index is 13.7. The summed E-state index contributed by atoms with van der Waals surface area (Å²) in [6.45, 7) is 1.81. The van der Waals surface area contributed by atoms with E-state index in [1.165, 1.54) is 12.1 Å². The number of morpholine rings is 1. The van der Waals surface area contributed by atoms with E-state index in [0.717, 1.165) is 0 Å². The van der Waals surface area contributed by atoms with Crippen LogP contribution >= 0.6 is 0 Å².